The van der Waals surface area contributed by atoms with E-state index in [1.807, 2.05) is 47.7 Å². The molecule has 2 aliphatic rings. The van der Waals surface area contributed by atoms with E-state index < -0.39 is 0 Å². The summed E-state index contributed by atoms with van der Waals surface area (Å²) < 4.78 is 1.81. The van der Waals surface area contributed by atoms with E-state index in [9.17, 15) is 9.59 Å². The molecule has 2 saturated carbocycles. The van der Waals surface area contributed by atoms with Crippen LogP contribution >= 0.6 is 0 Å². The molecule has 5 rings (SSSR count). The second-order valence-electron chi connectivity index (χ2n) is 12.5. The second kappa shape index (κ2) is 10.7. The Hall–Kier alpha value is -2.96. The topological polar surface area (TPSA) is 83.4 Å². The van der Waals surface area contributed by atoms with E-state index in [0.29, 0.717) is 46.6 Å². The van der Waals surface area contributed by atoms with Crippen molar-refractivity contribution in [3.63, 3.8) is 0 Å². The molecule has 7 nitrogen and oxygen atoms in total. The normalized spacial score (nSPS) is 21.1. The van der Waals surface area contributed by atoms with Crippen LogP contribution in [0.4, 0.5) is 0 Å². The first-order chi connectivity index (χ1) is 18.2. The van der Waals surface area contributed by atoms with Crippen molar-refractivity contribution in [3.05, 3.63) is 51.7 Å². The van der Waals surface area contributed by atoms with E-state index >= 15 is 0 Å². The molecule has 1 N–H and O–H groups in total. The Morgan fingerprint density at radius 3 is 2.29 bits per heavy atom. The third-order valence-corrected chi connectivity index (χ3v) is 9.10. The van der Waals surface area contributed by atoms with Crippen LogP contribution in [-0.4, -0.2) is 43.5 Å². The van der Waals surface area contributed by atoms with E-state index in [2.05, 4.69) is 25.8 Å². The number of hydrogen-bond donors (Lipinski definition) is 1. The molecule has 0 unspecified atom stereocenters. The number of carbonyl (C=O) groups excluding carboxylic acids is 1. The van der Waals surface area contributed by atoms with Gasteiger partial charge in [0.05, 0.1) is 5.69 Å². The number of aryl methyl sites for hydroxylation is 1. The predicted molar refractivity (Wildman–Crippen MR) is 152 cm³/mol. The van der Waals surface area contributed by atoms with Crippen LogP contribution < -0.4 is 5.56 Å². The van der Waals surface area contributed by atoms with Gasteiger partial charge in [-0.25, -0.2) is 9.50 Å². The molecule has 1 amide bonds. The van der Waals surface area contributed by atoms with E-state index in [0.717, 1.165) is 42.8 Å². The smallest absolute Gasteiger partial charge is 0.277 e. The van der Waals surface area contributed by atoms with Gasteiger partial charge < -0.3 is 9.88 Å². The van der Waals surface area contributed by atoms with Gasteiger partial charge in [-0.15, -0.1) is 5.10 Å². The zero-order valence-corrected chi connectivity index (χ0v) is 23.7. The summed E-state index contributed by atoms with van der Waals surface area (Å²) in [7, 11) is 1.92. The molecule has 0 radical (unpaired) electrons. The first kappa shape index (κ1) is 26.6. The Morgan fingerprint density at radius 2 is 1.68 bits per heavy atom. The van der Waals surface area contributed by atoms with Crippen molar-refractivity contribution in [2.75, 3.05) is 7.05 Å². The summed E-state index contributed by atoms with van der Waals surface area (Å²) in [6.07, 6.45) is 11.0. The van der Waals surface area contributed by atoms with Gasteiger partial charge in [-0.2, -0.15) is 0 Å². The number of H-pyrrole nitrogens is 1. The van der Waals surface area contributed by atoms with Crippen LogP contribution in [0.1, 0.15) is 113 Å². The number of hydrogen-bond acceptors (Lipinski definition) is 4. The van der Waals surface area contributed by atoms with E-state index in [1.54, 1.807) is 0 Å². The number of nitrogens with one attached hydrogen (secondary N) is 1. The largest absolute Gasteiger partial charge is 0.339 e. The highest BCUT2D eigenvalue weighted by atomic mass is 16.2. The average Bonchev–Trinajstić information content (AvgIpc) is 3.32. The lowest BCUT2D eigenvalue weighted by Gasteiger charge is -2.36. The predicted octanol–water partition coefficient (Wildman–Crippen LogP) is 6.37. The minimum absolute atomic E-state index is 0.0516. The highest BCUT2D eigenvalue weighted by Crippen LogP contribution is 2.43. The number of aromatic nitrogens is 4. The minimum Gasteiger partial charge on any atom is -0.339 e. The molecule has 3 aromatic rings. The molecule has 0 spiro atoms. The van der Waals surface area contributed by atoms with Gasteiger partial charge in [0.1, 0.15) is 5.82 Å². The van der Waals surface area contributed by atoms with Crippen molar-refractivity contribution in [2.45, 2.75) is 104 Å². The van der Waals surface area contributed by atoms with Crippen molar-refractivity contribution in [1.82, 2.24) is 24.5 Å². The molecular weight excluding hydrogens is 474 g/mol. The van der Waals surface area contributed by atoms with Gasteiger partial charge >= 0.3 is 0 Å². The molecule has 0 saturated heterocycles. The molecule has 0 atom stereocenters. The SMILES string of the molecule is CCc1nc(C2CCC(C(C)(C)C)CC2)n2nc(-c3ccc(C(=O)N(C)C4CCCCC4)cc3)[nH]c(=O)c12. The zero-order valence-electron chi connectivity index (χ0n) is 23.7. The number of fused-ring (bicyclic) bond motifs is 1. The van der Waals surface area contributed by atoms with Crippen molar-refractivity contribution in [2.24, 2.45) is 11.3 Å². The van der Waals surface area contributed by atoms with Gasteiger partial charge in [0.25, 0.3) is 11.5 Å². The minimum atomic E-state index is -0.161. The van der Waals surface area contributed by atoms with Gasteiger partial charge in [-0.1, -0.05) is 59.1 Å². The molecule has 2 fully saturated rings. The average molecular weight is 518 g/mol. The molecule has 2 aliphatic carbocycles. The maximum Gasteiger partial charge on any atom is 0.277 e. The molecule has 0 bridgehead atoms. The first-order valence-electron chi connectivity index (χ1n) is 14.6. The lowest BCUT2D eigenvalue weighted by molar-refractivity contribution is 0.0696. The molecule has 7 heteroatoms. The van der Waals surface area contributed by atoms with Crippen LogP contribution in [0.3, 0.4) is 0 Å². The van der Waals surface area contributed by atoms with Gasteiger partial charge in [-0.05, 0) is 68.4 Å². The summed E-state index contributed by atoms with van der Waals surface area (Å²) in [5.74, 6) is 2.49. The summed E-state index contributed by atoms with van der Waals surface area (Å²) in [6, 6.07) is 7.79. The van der Waals surface area contributed by atoms with Crippen LogP contribution in [0.15, 0.2) is 29.1 Å². The number of aromatic amines is 1. The number of imidazole rings is 1. The Morgan fingerprint density at radius 1 is 1.03 bits per heavy atom. The standard InChI is InChI=1S/C31H43N5O2/c1-6-25-26-29(37)33-27(34-36(26)28(32-25)21-16-18-23(19-17-21)31(2,3)4)20-12-14-22(15-13-20)30(38)35(5)24-10-8-7-9-11-24/h12-15,21,23-24H,6-11,16-19H2,1-5H3,(H,33,34,37). The number of benzene rings is 1. The number of carbonyl (C=O) groups is 1. The van der Waals surface area contributed by atoms with Crippen molar-refractivity contribution in [1.29, 1.82) is 0 Å². The van der Waals surface area contributed by atoms with Crippen LogP contribution in [-0.2, 0) is 6.42 Å². The number of rotatable bonds is 5. The fraction of sp³-hybridized carbons (Fsp3) is 0.613. The van der Waals surface area contributed by atoms with Crippen molar-refractivity contribution in [3.8, 4) is 11.4 Å². The second-order valence-corrected chi connectivity index (χ2v) is 12.5. The lowest BCUT2D eigenvalue weighted by Crippen LogP contribution is -2.38. The van der Waals surface area contributed by atoms with E-state index in [-0.39, 0.29) is 11.5 Å². The summed E-state index contributed by atoms with van der Waals surface area (Å²) in [6.45, 7) is 9.03. The van der Waals surface area contributed by atoms with Crippen LogP contribution in [0.5, 0.6) is 0 Å². The van der Waals surface area contributed by atoms with Gasteiger partial charge in [-0.3, -0.25) is 9.59 Å². The maximum absolute atomic E-state index is 13.3. The van der Waals surface area contributed by atoms with E-state index in [1.165, 1.54) is 32.1 Å². The molecule has 2 heterocycles. The molecule has 0 aliphatic heterocycles. The summed E-state index contributed by atoms with van der Waals surface area (Å²) in [5, 5.41) is 4.90. The lowest BCUT2D eigenvalue weighted by atomic mass is 9.70. The quantitative estimate of drug-likeness (QED) is 0.426. The highest BCUT2D eigenvalue weighted by molar-refractivity contribution is 5.94. The monoisotopic (exact) mass is 517 g/mol. The van der Waals surface area contributed by atoms with Crippen LogP contribution in [0, 0.1) is 11.3 Å². The fourth-order valence-electron chi connectivity index (χ4n) is 6.56. The third kappa shape index (κ3) is 5.16. The molecule has 204 valence electrons. The van der Waals surface area contributed by atoms with E-state index in [4.69, 9.17) is 10.1 Å². The number of nitrogens with zero attached hydrogens (tertiary/aromatic N) is 4. The Bertz CT molecular complexity index is 1330. The van der Waals surface area contributed by atoms with Gasteiger partial charge in [0.2, 0.25) is 0 Å². The molecule has 1 aromatic carbocycles. The highest BCUT2D eigenvalue weighted by Gasteiger charge is 2.33. The first-order valence-corrected chi connectivity index (χ1v) is 14.6. The van der Waals surface area contributed by atoms with Gasteiger partial charge in [0.15, 0.2) is 11.3 Å². The Labute approximate surface area is 226 Å². The Balaban J connectivity index is 1.42. The summed E-state index contributed by atoms with van der Waals surface area (Å²) in [4.78, 5) is 36.2. The number of amides is 1. The van der Waals surface area contributed by atoms with Crippen LogP contribution in [0.2, 0.25) is 0 Å². The Kier molecular flexibility index (Phi) is 7.47. The van der Waals surface area contributed by atoms with Crippen molar-refractivity contribution < 1.29 is 4.79 Å². The molecule has 38 heavy (non-hydrogen) atoms. The molecular formula is C31H43N5O2. The van der Waals surface area contributed by atoms with Gasteiger partial charge in [0, 0.05) is 30.1 Å². The molecule has 2 aromatic heterocycles. The van der Waals surface area contributed by atoms with Crippen molar-refractivity contribution >= 4 is 11.4 Å². The fourth-order valence-corrected chi connectivity index (χ4v) is 6.56. The zero-order chi connectivity index (χ0) is 27.0. The summed E-state index contributed by atoms with van der Waals surface area (Å²) >= 11 is 0. The third-order valence-electron chi connectivity index (χ3n) is 9.10. The summed E-state index contributed by atoms with van der Waals surface area (Å²) in [5.41, 5.74) is 2.98. The van der Waals surface area contributed by atoms with Crippen LogP contribution in [0.25, 0.3) is 16.9 Å². The maximum atomic E-state index is 13.3.